The molecule has 2 saturated heterocycles. The van der Waals surface area contributed by atoms with Gasteiger partial charge in [-0.25, -0.2) is 0 Å². The molecule has 3 atom stereocenters. The largest absolute Gasteiger partial charge is 0.375 e. The van der Waals surface area contributed by atoms with E-state index in [1.54, 1.807) is 0 Å². The lowest BCUT2D eigenvalue weighted by atomic mass is 9.81. The van der Waals surface area contributed by atoms with Crippen molar-refractivity contribution in [1.29, 1.82) is 0 Å². The van der Waals surface area contributed by atoms with Gasteiger partial charge in [-0.2, -0.15) is 0 Å². The topological polar surface area (TPSA) is 9.23 Å². The Labute approximate surface area is 50.0 Å². The average Bonchev–Trinajstić information content (AvgIpc) is 1.62. The van der Waals surface area contributed by atoms with Crippen LogP contribution in [0.5, 0.6) is 0 Å². The molecular formula is C7H11O. The summed E-state index contributed by atoms with van der Waals surface area (Å²) in [5, 5.41) is 0. The standard InChI is InChI=1S/C7H11O/c1-5-2-3-6-4-7(5)8-6/h5-7H,1-4H2. The zero-order chi connectivity index (χ0) is 5.56. The van der Waals surface area contributed by atoms with E-state index in [1.807, 2.05) is 0 Å². The molecule has 3 unspecified atom stereocenters. The van der Waals surface area contributed by atoms with Crippen LogP contribution in [-0.2, 0) is 4.74 Å². The Morgan fingerprint density at radius 2 is 2.12 bits per heavy atom. The van der Waals surface area contributed by atoms with Gasteiger partial charge in [0.1, 0.15) is 0 Å². The Morgan fingerprint density at radius 3 is 2.38 bits per heavy atom. The molecule has 3 aliphatic rings. The van der Waals surface area contributed by atoms with Crippen LogP contribution >= 0.6 is 0 Å². The number of hydrogen-bond acceptors (Lipinski definition) is 1. The smallest absolute Gasteiger partial charge is 0.0631 e. The molecule has 1 saturated carbocycles. The molecule has 0 N–H and O–H groups in total. The minimum absolute atomic E-state index is 0.536. The van der Waals surface area contributed by atoms with Crippen LogP contribution in [0.3, 0.4) is 0 Å². The highest BCUT2D eigenvalue weighted by molar-refractivity contribution is 4.90. The molecule has 8 heavy (non-hydrogen) atoms. The molecule has 3 rings (SSSR count). The first-order valence-electron chi connectivity index (χ1n) is 3.35. The maximum Gasteiger partial charge on any atom is 0.0631 e. The summed E-state index contributed by atoms with van der Waals surface area (Å²) in [6.45, 7) is 3.99. The maximum atomic E-state index is 5.42. The molecule has 1 heteroatoms. The second kappa shape index (κ2) is 1.47. The van der Waals surface area contributed by atoms with E-state index in [1.165, 1.54) is 19.3 Å². The van der Waals surface area contributed by atoms with E-state index in [2.05, 4.69) is 6.92 Å². The molecule has 0 aromatic heterocycles. The fourth-order valence-electron chi connectivity index (χ4n) is 1.57. The Kier molecular flexibility index (Phi) is 0.884. The van der Waals surface area contributed by atoms with Crippen molar-refractivity contribution in [3.05, 3.63) is 6.92 Å². The molecule has 45 valence electrons. The zero-order valence-corrected chi connectivity index (χ0v) is 4.97. The predicted octanol–water partition coefficient (Wildman–Crippen LogP) is 1.39. The van der Waals surface area contributed by atoms with Crippen LogP contribution in [0.15, 0.2) is 0 Å². The Balaban J connectivity index is 2.01. The second-order valence-corrected chi connectivity index (χ2v) is 2.87. The highest BCUT2D eigenvalue weighted by Gasteiger charge is 2.38. The van der Waals surface area contributed by atoms with Gasteiger partial charge < -0.3 is 4.74 Å². The van der Waals surface area contributed by atoms with Crippen LogP contribution in [0.2, 0.25) is 0 Å². The highest BCUT2D eigenvalue weighted by Crippen LogP contribution is 2.37. The molecule has 1 nitrogen and oxygen atoms in total. The lowest BCUT2D eigenvalue weighted by molar-refractivity contribution is -0.175. The normalized spacial score (nSPS) is 52.9. The summed E-state index contributed by atoms with van der Waals surface area (Å²) in [5.74, 6) is 0.597. The minimum Gasteiger partial charge on any atom is -0.375 e. The van der Waals surface area contributed by atoms with Crippen LogP contribution in [0, 0.1) is 12.8 Å². The van der Waals surface area contributed by atoms with E-state index in [4.69, 9.17) is 4.74 Å². The quantitative estimate of drug-likeness (QED) is 0.459. The fraction of sp³-hybridized carbons (Fsp3) is 0.857. The molecule has 0 aromatic rings. The van der Waals surface area contributed by atoms with Crippen molar-refractivity contribution in [1.82, 2.24) is 0 Å². The van der Waals surface area contributed by atoms with Crippen molar-refractivity contribution in [3.8, 4) is 0 Å². The molecule has 2 aliphatic heterocycles. The van der Waals surface area contributed by atoms with E-state index in [0.717, 1.165) is 0 Å². The predicted molar refractivity (Wildman–Crippen MR) is 31.4 cm³/mol. The van der Waals surface area contributed by atoms with E-state index in [-0.39, 0.29) is 0 Å². The van der Waals surface area contributed by atoms with Gasteiger partial charge in [-0.3, -0.25) is 0 Å². The van der Waals surface area contributed by atoms with Crippen molar-refractivity contribution in [2.24, 2.45) is 5.92 Å². The molecular weight excluding hydrogens is 100 g/mol. The summed E-state index contributed by atoms with van der Waals surface area (Å²) in [7, 11) is 0. The summed E-state index contributed by atoms with van der Waals surface area (Å²) < 4.78 is 5.42. The first kappa shape index (κ1) is 4.80. The van der Waals surface area contributed by atoms with Gasteiger partial charge in [0.2, 0.25) is 0 Å². The van der Waals surface area contributed by atoms with Crippen molar-refractivity contribution >= 4 is 0 Å². The molecule has 1 radical (unpaired) electrons. The molecule has 2 bridgehead atoms. The summed E-state index contributed by atoms with van der Waals surface area (Å²) in [6.07, 6.45) is 4.99. The first-order chi connectivity index (χ1) is 3.86. The van der Waals surface area contributed by atoms with Crippen LogP contribution in [0.25, 0.3) is 0 Å². The van der Waals surface area contributed by atoms with Crippen molar-refractivity contribution in [2.45, 2.75) is 31.5 Å². The number of rotatable bonds is 0. The zero-order valence-electron chi connectivity index (χ0n) is 4.97. The number of hydrogen-bond donors (Lipinski definition) is 0. The van der Waals surface area contributed by atoms with E-state index >= 15 is 0 Å². The third-order valence-electron chi connectivity index (χ3n) is 2.25. The Morgan fingerprint density at radius 1 is 1.38 bits per heavy atom. The molecule has 0 aromatic carbocycles. The SMILES string of the molecule is [CH2]C1CCC2CC1O2. The highest BCUT2D eigenvalue weighted by atomic mass is 16.5. The molecule has 0 amide bonds. The van der Waals surface area contributed by atoms with Crippen LogP contribution < -0.4 is 0 Å². The summed E-state index contributed by atoms with van der Waals surface area (Å²) in [6, 6.07) is 0. The van der Waals surface area contributed by atoms with Crippen molar-refractivity contribution in [3.63, 3.8) is 0 Å². The maximum absolute atomic E-state index is 5.42. The Bertz CT molecular complexity index is 89.1. The van der Waals surface area contributed by atoms with E-state index in [0.29, 0.717) is 18.1 Å². The van der Waals surface area contributed by atoms with Gasteiger partial charge in [-0.05, 0) is 25.7 Å². The van der Waals surface area contributed by atoms with E-state index in [9.17, 15) is 0 Å². The second-order valence-electron chi connectivity index (χ2n) is 2.87. The summed E-state index contributed by atoms with van der Waals surface area (Å²) >= 11 is 0. The lowest BCUT2D eigenvalue weighted by Crippen LogP contribution is -2.46. The van der Waals surface area contributed by atoms with Gasteiger partial charge in [0.25, 0.3) is 0 Å². The van der Waals surface area contributed by atoms with Gasteiger partial charge in [0.15, 0.2) is 0 Å². The summed E-state index contributed by atoms with van der Waals surface area (Å²) in [4.78, 5) is 0. The third-order valence-corrected chi connectivity index (χ3v) is 2.25. The van der Waals surface area contributed by atoms with Gasteiger partial charge in [-0.1, -0.05) is 0 Å². The van der Waals surface area contributed by atoms with Crippen LogP contribution in [-0.4, -0.2) is 12.2 Å². The molecule has 0 spiro atoms. The van der Waals surface area contributed by atoms with Crippen molar-refractivity contribution < 1.29 is 4.74 Å². The minimum atomic E-state index is 0.536. The van der Waals surface area contributed by atoms with Crippen LogP contribution in [0.4, 0.5) is 0 Å². The van der Waals surface area contributed by atoms with Crippen molar-refractivity contribution in [2.75, 3.05) is 0 Å². The lowest BCUT2D eigenvalue weighted by Gasteiger charge is -2.45. The van der Waals surface area contributed by atoms with Gasteiger partial charge in [0, 0.05) is 6.42 Å². The Hall–Kier alpha value is -0.0400. The monoisotopic (exact) mass is 111 g/mol. The van der Waals surface area contributed by atoms with Gasteiger partial charge >= 0.3 is 0 Å². The third kappa shape index (κ3) is 0.510. The molecule has 3 fully saturated rings. The molecule has 2 heterocycles. The number of fused-ring (bicyclic) bond motifs is 2. The first-order valence-corrected chi connectivity index (χ1v) is 3.35. The van der Waals surface area contributed by atoms with E-state index < -0.39 is 0 Å². The molecule has 1 aliphatic carbocycles. The fourth-order valence-corrected chi connectivity index (χ4v) is 1.57. The van der Waals surface area contributed by atoms with Crippen LogP contribution in [0.1, 0.15) is 19.3 Å². The van der Waals surface area contributed by atoms with Gasteiger partial charge in [-0.15, -0.1) is 0 Å². The summed E-state index contributed by atoms with van der Waals surface area (Å²) in [5.41, 5.74) is 0. The number of ether oxygens (including phenoxy) is 1. The average molecular weight is 111 g/mol. The van der Waals surface area contributed by atoms with Gasteiger partial charge in [0.05, 0.1) is 12.2 Å².